The van der Waals surface area contributed by atoms with Gasteiger partial charge in [0.2, 0.25) is 0 Å². The quantitative estimate of drug-likeness (QED) is 0.893. The Hall–Kier alpha value is -2.70. The van der Waals surface area contributed by atoms with Gasteiger partial charge in [-0.25, -0.2) is 4.79 Å². The average Bonchev–Trinajstić information content (AvgIpc) is 2.62. The molecule has 0 bridgehead atoms. The summed E-state index contributed by atoms with van der Waals surface area (Å²) in [5, 5.41) is 11.9. The van der Waals surface area contributed by atoms with Crippen molar-refractivity contribution in [2.24, 2.45) is 0 Å². The van der Waals surface area contributed by atoms with Gasteiger partial charge in [-0.15, -0.1) is 0 Å². The second kappa shape index (κ2) is 7.46. The number of carbonyl (C=O) groups is 2. The zero-order valence-electron chi connectivity index (χ0n) is 13.8. The van der Waals surface area contributed by atoms with Crippen LogP contribution in [0.4, 0.5) is 5.69 Å². The van der Waals surface area contributed by atoms with Crippen LogP contribution in [0.3, 0.4) is 0 Å². The molecule has 0 radical (unpaired) electrons. The van der Waals surface area contributed by atoms with E-state index in [2.05, 4.69) is 5.32 Å². The first-order valence-corrected chi connectivity index (χ1v) is 8.02. The molecule has 2 aromatic carbocycles. The van der Waals surface area contributed by atoms with E-state index in [4.69, 9.17) is 14.6 Å². The van der Waals surface area contributed by atoms with Crippen LogP contribution in [0.5, 0.6) is 0 Å². The highest BCUT2D eigenvalue weighted by atomic mass is 16.6. The molecule has 1 fully saturated rings. The number of benzene rings is 2. The molecule has 6 heteroatoms. The molecular formula is C19H19NO5. The summed E-state index contributed by atoms with van der Waals surface area (Å²) in [5.41, 5.74) is 2.41. The molecule has 2 aromatic rings. The van der Waals surface area contributed by atoms with Crippen molar-refractivity contribution in [2.75, 3.05) is 18.5 Å². The smallest absolute Gasteiger partial charge is 0.335 e. The maximum Gasteiger partial charge on any atom is 0.335 e. The fourth-order valence-corrected chi connectivity index (χ4v) is 2.74. The minimum Gasteiger partial charge on any atom is -0.478 e. The van der Waals surface area contributed by atoms with Gasteiger partial charge >= 0.3 is 5.97 Å². The number of rotatable bonds is 4. The summed E-state index contributed by atoms with van der Waals surface area (Å²) in [6.45, 7) is 2.68. The zero-order valence-corrected chi connectivity index (χ0v) is 13.8. The molecule has 6 nitrogen and oxygen atoms in total. The predicted octanol–water partition coefficient (Wildman–Crippen LogP) is 2.79. The van der Waals surface area contributed by atoms with E-state index in [0.29, 0.717) is 18.9 Å². The number of hydrogen-bond acceptors (Lipinski definition) is 4. The van der Waals surface area contributed by atoms with Gasteiger partial charge in [0.25, 0.3) is 5.91 Å². The summed E-state index contributed by atoms with van der Waals surface area (Å²) < 4.78 is 10.9. The first-order valence-electron chi connectivity index (χ1n) is 8.02. The van der Waals surface area contributed by atoms with Gasteiger partial charge in [0.05, 0.1) is 24.9 Å². The van der Waals surface area contributed by atoms with E-state index in [-0.39, 0.29) is 17.6 Å². The summed E-state index contributed by atoms with van der Waals surface area (Å²) in [6, 6.07) is 13.9. The van der Waals surface area contributed by atoms with E-state index >= 15 is 0 Å². The molecule has 3 rings (SSSR count). The highest BCUT2D eigenvalue weighted by Gasteiger charge is 2.29. The number of anilines is 1. The van der Waals surface area contributed by atoms with Gasteiger partial charge < -0.3 is 19.9 Å². The van der Waals surface area contributed by atoms with E-state index in [0.717, 1.165) is 11.1 Å². The van der Waals surface area contributed by atoms with Crippen LogP contribution in [0.25, 0.3) is 11.1 Å². The second-order valence-corrected chi connectivity index (χ2v) is 5.82. The minimum absolute atomic E-state index is 0.216. The van der Waals surface area contributed by atoms with Crippen LogP contribution in [0.15, 0.2) is 48.5 Å². The maximum absolute atomic E-state index is 12.4. The van der Waals surface area contributed by atoms with Crippen molar-refractivity contribution >= 4 is 17.6 Å². The Labute approximate surface area is 145 Å². The molecule has 25 heavy (non-hydrogen) atoms. The molecule has 2 atom stereocenters. The molecule has 0 aliphatic carbocycles. The number of carboxylic acids is 1. The van der Waals surface area contributed by atoms with Crippen molar-refractivity contribution in [2.45, 2.75) is 19.1 Å². The number of carbonyl (C=O) groups excluding carboxylic acids is 1. The molecule has 0 aromatic heterocycles. The van der Waals surface area contributed by atoms with Crippen LogP contribution in [0, 0.1) is 0 Å². The molecule has 130 valence electrons. The van der Waals surface area contributed by atoms with Crippen LogP contribution in [0.2, 0.25) is 0 Å². The standard InChI is InChI=1S/C19H19NO5/c1-12-17(25-9-8-24-12)18(21)20-16-7-3-5-14(11-16)13-4-2-6-15(10-13)19(22)23/h2-7,10-12,17H,8-9H2,1H3,(H,20,21)(H,22,23)/t12-,17-/m0/s1. The van der Waals surface area contributed by atoms with Crippen molar-refractivity contribution in [3.8, 4) is 11.1 Å². The highest BCUT2D eigenvalue weighted by molar-refractivity contribution is 5.95. The van der Waals surface area contributed by atoms with Gasteiger partial charge in [-0.2, -0.15) is 0 Å². The first kappa shape index (κ1) is 17.1. The van der Waals surface area contributed by atoms with E-state index in [1.807, 2.05) is 12.1 Å². The van der Waals surface area contributed by atoms with Gasteiger partial charge in [-0.3, -0.25) is 4.79 Å². The Balaban J connectivity index is 1.78. The van der Waals surface area contributed by atoms with E-state index in [1.165, 1.54) is 0 Å². The minimum atomic E-state index is -0.977. The van der Waals surface area contributed by atoms with Crippen LogP contribution in [-0.2, 0) is 14.3 Å². The van der Waals surface area contributed by atoms with Crippen LogP contribution in [-0.4, -0.2) is 42.4 Å². The highest BCUT2D eigenvalue weighted by Crippen LogP contribution is 2.24. The Morgan fingerprint density at radius 1 is 1.04 bits per heavy atom. The molecule has 1 aliphatic heterocycles. The Kier molecular flexibility index (Phi) is 5.11. The van der Waals surface area contributed by atoms with Gasteiger partial charge in [-0.05, 0) is 42.3 Å². The number of ether oxygens (including phenoxy) is 2. The molecule has 1 aliphatic rings. The van der Waals surface area contributed by atoms with Gasteiger partial charge in [0, 0.05) is 5.69 Å². The van der Waals surface area contributed by atoms with E-state index in [1.54, 1.807) is 43.3 Å². The number of carboxylic acid groups (broad SMARTS) is 1. The molecule has 2 N–H and O–H groups in total. The third kappa shape index (κ3) is 4.04. The summed E-state index contributed by atoms with van der Waals surface area (Å²) >= 11 is 0. The Morgan fingerprint density at radius 2 is 1.72 bits per heavy atom. The largest absolute Gasteiger partial charge is 0.478 e. The molecule has 0 saturated carbocycles. The molecular weight excluding hydrogens is 322 g/mol. The number of amides is 1. The average molecular weight is 341 g/mol. The van der Waals surface area contributed by atoms with Crippen molar-refractivity contribution in [1.29, 1.82) is 0 Å². The first-order chi connectivity index (χ1) is 12.0. The van der Waals surface area contributed by atoms with Gasteiger partial charge in [0.15, 0.2) is 6.10 Å². The molecule has 1 amide bonds. The molecule has 0 spiro atoms. The predicted molar refractivity (Wildman–Crippen MR) is 92.6 cm³/mol. The van der Waals surface area contributed by atoms with Gasteiger partial charge in [0.1, 0.15) is 0 Å². The van der Waals surface area contributed by atoms with Crippen LogP contribution >= 0.6 is 0 Å². The summed E-state index contributed by atoms with van der Waals surface area (Å²) in [4.78, 5) is 23.5. The monoisotopic (exact) mass is 341 g/mol. The lowest BCUT2D eigenvalue weighted by Gasteiger charge is -2.28. The van der Waals surface area contributed by atoms with Crippen molar-refractivity contribution in [3.05, 3.63) is 54.1 Å². The summed E-state index contributed by atoms with van der Waals surface area (Å²) in [7, 11) is 0. The zero-order chi connectivity index (χ0) is 17.8. The lowest BCUT2D eigenvalue weighted by molar-refractivity contribution is -0.157. The maximum atomic E-state index is 12.4. The summed E-state index contributed by atoms with van der Waals surface area (Å²) in [5.74, 6) is -1.24. The number of hydrogen-bond donors (Lipinski definition) is 2. The molecule has 1 saturated heterocycles. The second-order valence-electron chi connectivity index (χ2n) is 5.82. The van der Waals surface area contributed by atoms with Crippen molar-refractivity contribution < 1.29 is 24.2 Å². The van der Waals surface area contributed by atoms with Crippen molar-refractivity contribution in [1.82, 2.24) is 0 Å². The number of nitrogens with one attached hydrogen (secondary N) is 1. The Bertz CT molecular complexity index is 789. The number of aromatic carboxylic acids is 1. The SMILES string of the molecule is C[C@@H]1OCCO[C@@H]1C(=O)Nc1cccc(-c2cccc(C(=O)O)c2)c1. The fraction of sp³-hybridized carbons (Fsp3) is 0.263. The third-order valence-electron chi connectivity index (χ3n) is 4.02. The van der Waals surface area contributed by atoms with E-state index < -0.39 is 12.1 Å². The fourth-order valence-electron chi connectivity index (χ4n) is 2.74. The third-order valence-corrected chi connectivity index (χ3v) is 4.02. The topological polar surface area (TPSA) is 84.9 Å². The molecule has 1 heterocycles. The van der Waals surface area contributed by atoms with Crippen molar-refractivity contribution in [3.63, 3.8) is 0 Å². The Morgan fingerprint density at radius 3 is 2.44 bits per heavy atom. The molecule has 0 unspecified atom stereocenters. The normalized spacial score (nSPS) is 20.0. The lowest BCUT2D eigenvalue weighted by atomic mass is 10.0. The van der Waals surface area contributed by atoms with Gasteiger partial charge in [-0.1, -0.05) is 24.3 Å². The summed E-state index contributed by atoms with van der Waals surface area (Å²) in [6.07, 6.45) is -0.947. The van der Waals surface area contributed by atoms with E-state index in [9.17, 15) is 9.59 Å². The lowest BCUT2D eigenvalue weighted by Crippen LogP contribution is -2.44. The van der Waals surface area contributed by atoms with Crippen LogP contribution in [0.1, 0.15) is 17.3 Å². The van der Waals surface area contributed by atoms with Crippen LogP contribution < -0.4 is 5.32 Å².